The van der Waals surface area contributed by atoms with Crippen LogP contribution in [0.25, 0.3) is 0 Å². The molecule has 2 heterocycles. The first kappa shape index (κ1) is 15.7. The molecule has 1 fully saturated rings. The van der Waals surface area contributed by atoms with Gasteiger partial charge in [-0.15, -0.1) is 0 Å². The predicted molar refractivity (Wildman–Crippen MR) is 81.9 cm³/mol. The van der Waals surface area contributed by atoms with Crippen LogP contribution < -0.4 is 0 Å². The molecule has 0 unspecified atom stereocenters. The topological polar surface area (TPSA) is 95.0 Å². The number of carboxylic acid groups (broad SMARTS) is 1. The van der Waals surface area contributed by atoms with Crippen LogP contribution in [0.1, 0.15) is 33.6 Å². The van der Waals surface area contributed by atoms with E-state index in [1.807, 2.05) is 0 Å². The van der Waals surface area contributed by atoms with Crippen molar-refractivity contribution in [1.82, 2.24) is 9.80 Å². The number of hydrogen-bond acceptors (Lipinski definition) is 4. The summed E-state index contributed by atoms with van der Waals surface area (Å²) in [5.41, 5.74) is 0.496. The highest BCUT2D eigenvalue weighted by Crippen LogP contribution is 2.26. The van der Waals surface area contributed by atoms with E-state index in [2.05, 4.69) is 15.9 Å². The Morgan fingerprint density at radius 1 is 1.22 bits per heavy atom. The Morgan fingerprint density at radius 3 is 2.61 bits per heavy atom. The Kier molecular flexibility index (Phi) is 3.93. The lowest BCUT2D eigenvalue weighted by molar-refractivity contribution is -0.148. The molecule has 1 aromatic rings. The van der Waals surface area contributed by atoms with Gasteiger partial charge in [-0.05, 0) is 31.0 Å². The van der Waals surface area contributed by atoms with Gasteiger partial charge in [0.2, 0.25) is 5.91 Å². The molecule has 0 aromatic heterocycles. The highest BCUT2D eigenvalue weighted by atomic mass is 79.9. The number of halogens is 1. The SMILES string of the molecule is O=C(O)[C@@H]1CCCN1C(=O)CN1C(=O)c2ccc(Br)cc2C1=O. The molecule has 1 saturated heterocycles. The Balaban J connectivity index is 1.79. The molecule has 3 rings (SSSR count). The summed E-state index contributed by atoms with van der Waals surface area (Å²) in [5, 5.41) is 9.12. The van der Waals surface area contributed by atoms with E-state index in [4.69, 9.17) is 5.11 Å². The van der Waals surface area contributed by atoms with E-state index in [9.17, 15) is 19.2 Å². The highest BCUT2D eigenvalue weighted by Gasteiger charge is 2.40. The van der Waals surface area contributed by atoms with Crippen LogP contribution in [-0.2, 0) is 9.59 Å². The van der Waals surface area contributed by atoms with Gasteiger partial charge in [0.1, 0.15) is 12.6 Å². The van der Waals surface area contributed by atoms with Crippen molar-refractivity contribution in [2.24, 2.45) is 0 Å². The summed E-state index contributed by atoms with van der Waals surface area (Å²) in [5.74, 6) is -2.66. The summed E-state index contributed by atoms with van der Waals surface area (Å²) in [6, 6.07) is 3.83. The summed E-state index contributed by atoms with van der Waals surface area (Å²) in [4.78, 5) is 50.2. The number of carbonyl (C=O) groups is 4. The summed E-state index contributed by atoms with van der Waals surface area (Å²) in [7, 11) is 0. The van der Waals surface area contributed by atoms with Gasteiger partial charge in [0.05, 0.1) is 11.1 Å². The summed E-state index contributed by atoms with van der Waals surface area (Å²) in [6.45, 7) is -0.113. The molecule has 1 atom stereocenters. The largest absolute Gasteiger partial charge is 0.480 e. The quantitative estimate of drug-likeness (QED) is 0.792. The van der Waals surface area contributed by atoms with E-state index >= 15 is 0 Å². The lowest BCUT2D eigenvalue weighted by Crippen LogP contribution is -2.46. The van der Waals surface area contributed by atoms with Crippen LogP contribution in [0.2, 0.25) is 0 Å². The fourth-order valence-electron chi connectivity index (χ4n) is 2.95. The van der Waals surface area contributed by atoms with E-state index in [0.29, 0.717) is 23.9 Å². The number of hydrogen-bond donors (Lipinski definition) is 1. The van der Waals surface area contributed by atoms with Crippen LogP contribution in [-0.4, -0.2) is 57.7 Å². The van der Waals surface area contributed by atoms with Crippen molar-refractivity contribution >= 4 is 39.6 Å². The number of carbonyl (C=O) groups excluding carboxylic acids is 3. The highest BCUT2D eigenvalue weighted by molar-refractivity contribution is 9.10. The van der Waals surface area contributed by atoms with Crippen LogP contribution in [0.4, 0.5) is 0 Å². The van der Waals surface area contributed by atoms with Gasteiger partial charge >= 0.3 is 5.97 Å². The van der Waals surface area contributed by atoms with E-state index in [1.165, 1.54) is 17.0 Å². The van der Waals surface area contributed by atoms with Crippen molar-refractivity contribution < 1.29 is 24.3 Å². The van der Waals surface area contributed by atoms with E-state index in [-0.39, 0.29) is 11.1 Å². The van der Waals surface area contributed by atoms with Crippen LogP contribution >= 0.6 is 15.9 Å². The minimum absolute atomic E-state index is 0.244. The van der Waals surface area contributed by atoms with Gasteiger partial charge < -0.3 is 10.0 Å². The second-order valence-corrected chi connectivity index (χ2v) is 6.39. The van der Waals surface area contributed by atoms with Crippen molar-refractivity contribution in [2.75, 3.05) is 13.1 Å². The van der Waals surface area contributed by atoms with E-state index in [0.717, 1.165) is 4.90 Å². The summed E-state index contributed by atoms with van der Waals surface area (Å²) in [6.07, 6.45) is 0.980. The number of aliphatic carboxylic acids is 1. The normalized spacial score (nSPS) is 20.1. The third-order valence-corrected chi connectivity index (χ3v) is 4.58. The van der Waals surface area contributed by atoms with Crippen molar-refractivity contribution in [1.29, 1.82) is 0 Å². The molecule has 2 aliphatic rings. The zero-order chi connectivity index (χ0) is 16.7. The molecule has 8 heteroatoms. The zero-order valence-corrected chi connectivity index (χ0v) is 13.6. The first-order valence-electron chi connectivity index (χ1n) is 7.08. The molecule has 120 valence electrons. The Morgan fingerprint density at radius 2 is 1.91 bits per heavy atom. The lowest BCUT2D eigenvalue weighted by Gasteiger charge is -2.23. The maximum Gasteiger partial charge on any atom is 0.326 e. The number of rotatable bonds is 3. The average Bonchev–Trinajstić information content (AvgIpc) is 3.07. The first-order valence-corrected chi connectivity index (χ1v) is 7.87. The molecule has 1 aromatic carbocycles. The fourth-order valence-corrected chi connectivity index (χ4v) is 3.32. The van der Waals surface area contributed by atoms with E-state index in [1.54, 1.807) is 6.07 Å². The average molecular weight is 381 g/mol. The van der Waals surface area contributed by atoms with Gasteiger partial charge in [0, 0.05) is 11.0 Å². The van der Waals surface area contributed by atoms with Crippen LogP contribution in [0.5, 0.6) is 0 Å². The standard InChI is InChI=1S/C15H13BrN2O5/c16-8-3-4-9-10(6-8)14(21)18(13(9)20)7-12(19)17-5-1-2-11(17)15(22)23/h3-4,6,11H,1-2,5,7H2,(H,22,23)/t11-/m0/s1. The van der Waals surface area contributed by atoms with Gasteiger partial charge in [-0.25, -0.2) is 4.79 Å². The molecule has 0 radical (unpaired) electrons. The van der Waals surface area contributed by atoms with Gasteiger partial charge in [-0.1, -0.05) is 15.9 Å². The van der Waals surface area contributed by atoms with Gasteiger partial charge in [-0.2, -0.15) is 0 Å². The number of fused-ring (bicyclic) bond motifs is 1. The third kappa shape index (κ3) is 2.63. The van der Waals surface area contributed by atoms with Gasteiger partial charge in [0.25, 0.3) is 11.8 Å². The third-order valence-electron chi connectivity index (χ3n) is 4.08. The van der Waals surface area contributed by atoms with Crippen molar-refractivity contribution in [2.45, 2.75) is 18.9 Å². The molecule has 1 N–H and O–H groups in total. The molecular weight excluding hydrogens is 368 g/mol. The van der Waals surface area contributed by atoms with Crippen molar-refractivity contribution in [3.63, 3.8) is 0 Å². The molecule has 2 aliphatic heterocycles. The zero-order valence-electron chi connectivity index (χ0n) is 12.0. The van der Waals surface area contributed by atoms with Crippen LogP contribution in [0.3, 0.4) is 0 Å². The number of carboxylic acids is 1. The smallest absolute Gasteiger partial charge is 0.326 e. The Bertz CT molecular complexity index is 733. The number of nitrogens with zero attached hydrogens (tertiary/aromatic N) is 2. The minimum Gasteiger partial charge on any atom is -0.480 e. The molecule has 0 bridgehead atoms. The number of benzene rings is 1. The maximum absolute atomic E-state index is 12.3. The first-order chi connectivity index (χ1) is 10.9. The van der Waals surface area contributed by atoms with Crippen molar-refractivity contribution in [3.05, 3.63) is 33.8 Å². The number of imide groups is 1. The number of likely N-dealkylation sites (tertiary alicyclic amines) is 1. The molecule has 3 amide bonds. The maximum atomic E-state index is 12.3. The predicted octanol–water partition coefficient (Wildman–Crippen LogP) is 1.12. The number of amides is 3. The lowest BCUT2D eigenvalue weighted by atomic mass is 10.1. The Labute approximate surface area is 140 Å². The monoisotopic (exact) mass is 380 g/mol. The van der Waals surface area contributed by atoms with Gasteiger partial charge in [0.15, 0.2) is 0 Å². The molecule has 7 nitrogen and oxygen atoms in total. The van der Waals surface area contributed by atoms with Crippen molar-refractivity contribution in [3.8, 4) is 0 Å². The molecule has 0 aliphatic carbocycles. The second kappa shape index (κ2) is 5.77. The molecule has 0 spiro atoms. The summed E-state index contributed by atoms with van der Waals surface area (Å²) < 4.78 is 0.663. The van der Waals surface area contributed by atoms with Gasteiger partial charge in [-0.3, -0.25) is 19.3 Å². The molecular formula is C15H13BrN2O5. The van der Waals surface area contributed by atoms with Crippen LogP contribution in [0.15, 0.2) is 22.7 Å². The molecule has 0 saturated carbocycles. The second-order valence-electron chi connectivity index (χ2n) is 5.47. The minimum atomic E-state index is -1.07. The molecule has 23 heavy (non-hydrogen) atoms. The van der Waals surface area contributed by atoms with Crippen LogP contribution in [0, 0.1) is 0 Å². The fraction of sp³-hybridized carbons (Fsp3) is 0.333. The Hall–Kier alpha value is -2.22. The van der Waals surface area contributed by atoms with E-state index < -0.39 is 36.3 Å². The summed E-state index contributed by atoms with van der Waals surface area (Å²) >= 11 is 3.24.